The molecule has 1 aliphatic heterocycles. The number of nitrogens with zero attached hydrogens (tertiary/aromatic N) is 1. The zero-order chi connectivity index (χ0) is 15.4. The zero-order valence-electron chi connectivity index (χ0n) is 12.4. The van der Waals surface area contributed by atoms with Gasteiger partial charge in [-0.15, -0.1) is 0 Å². The van der Waals surface area contributed by atoms with E-state index in [9.17, 15) is 14.7 Å². The normalized spacial score (nSPS) is 19.9. The van der Waals surface area contributed by atoms with Crippen LogP contribution in [0.1, 0.15) is 37.7 Å². The summed E-state index contributed by atoms with van der Waals surface area (Å²) in [6, 6.07) is 6.63. The second kappa shape index (κ2) is 6.61. The van der Waals surface area contributed by atoms with Gasteiger partial charge in [0.15, 0.2) is 0 Å². The lowest BCUT2D eigenvalue weighted by Gasteiger charge is -2.34. The molecule has 1 aromatic rings. The SMILES string of the molecule is COc1ccc(C(C)C(=O)N2CCCCC2C(=O)O)cc1. The number of aliphatic carboxylic acids is 1. The Kier molecular flexibility index (Phi) is 4.83. The summed E-state index contributed by atoms with van der Waals surface area (Å²) in [4.78, 5) is 25.4. The van der Waals surface area contributed by atoms with Crippen molar-refractivity contribution >= 4 is 11.9 Å². The summed E-state index contributed by atoms with van der Waals surface area (Å²) < 4.78 is 5.10. The van der Waals surface area contributed by atoms with E-state index in [4.69, 9.17) is 4.74 Å². The number of rotatable bonds is 4. The van der Waals surface area contributed by atoms with Crippen molar-refractivity contribution in [1.29, 1.82) is 0 Å². The van der Waals surface area contributed by atoms with Crippen LogP contribution in [-0.2, 0) is 9.59 Å². The topological polar surface area (TPSA) is 66.8 Å². The van der Waals surface area contributed by atoms with E-state index < -0.39 is 12.0 Å². The lowest BCUT2D eigenvalue weighted by atomic mass is 9.95. The lowest BCUT2D eigenvalue weighted by molar-refractivity contribution is -0.152. The summed E-state index contributed by atoms with van der Waals surface area (Å²) >= 11 is 0. The summed E-state index contributed by atoms with van der Waals surface area (Å²) in [5.41, 5.74) is 0.871. The van der Waals surface area contributed by atoms with Crippen LogP contribution in [0, 0.1) is 0 Å². The highest BCUT2D eigenvalue weighted by Crippen LogP contribution is 2.25. The molecule has 2 unspecified atom stereocenters. The van der Waals surface area contributed by atoms with Crippen molar-refractivity contribution in [3.63, 3.8) is 0 Å². The fourth-order valence-corrected chi connectivity index (χ4v) is 2.74. The summed E-state index contributed by atoms with van der Waals surface area (Å²) in [5, 5.41) is 9.27. The van der Waals surface area contributed by atoms with E-state index in [1.165, 1.54) is 4.90 Å². The average Bonchev–Trinajstić information content (AvgIpc) is 2.53. The van der Waals surface area contributed by atoms with Crippen LogP contribution in [0.5, 0.6) is 5.75 Å². The number of amides is 1. The quantitative estimate of drug-likeness (QED) is 0.924. The molecule has 1 N–H and O–H groups in total. The standard InChI is InChI=1S/C16H21NO4/c1-11(12-6-8-13(21-2)9-7-12)15(18)17-10-4-3-5-14(17)16(19)20/h6-9,11,14H,3-5,10H2,1-2H3,(H,19,20). The first-order chi connectivity index (χ1) is 10.0. The molecular weight excluding hydrogens is 270 g/mol. The van der Waals surface area contributed by atoms with Gasteiger partial charge in [0.05, 0.1) is 13.0 Å². The number of likely N-dealkylation sites (tertiary alicyclic amines) is 1. The molecule has 0 aromatic heterocycles. The number of carbonyl (C=O) groups is 2. The highest BCUT2D eigenvalue weighted by Gasteiger charge is 2.34. The van der Waals surface area contributed by atoms with Gasteiger partial charge in [0.25, 0.3) is 0 Å². The summed E-state index contributed by atoms with van der Waals surface area (Å²) in [5.74, 6) is -0.645. The van der Waals surface area contributed by atoms with Gasteiger partial charge < -0.3 is 14.7 Å². The van der Waals surface area contributed by atoms with Gasteiger partial charge in [0.2, 0.25) is 5.91 Å². The second-order valence-electron chi connectivity index (χ2n) is 5.38. The van der Waals surface area contributed by atoms with E-state index in [1.807, 2.05) is 31.2 Å². The molecule has 1 fully saturated rings. The number of hydrogen-bond acceptors (Lipinski definition) is 3. The molecule has 1 heterocycles. The van der Waals surface area contributed by atoms with Crippen molar-refractivity contribution in [1.82, 2.24) is 4.90 Å². The Labute approximate surface area is 124 Å². The number of piperidine rings is 1. The molecule has 1 saturated heterocycles. The highest BCUT2D eigenvalue weighted by atomic mass is 16.5. The molecule has 21 heavy (non-hydrogen) atoms. The Morgan fingerprint density at radius 1 is 1.29 bits per heavy atom. The van der Waals surface area contributed by atoms with Crippen molar-refractivity contribution in [2.75, 3.05) is 13.7 Å². The molecule has 0 aliphatic carbocycles. The van der Waals surface area contributed by atoms with Crippen molar-refractivity contribution in [2.24, 2.45) is 0 Å². The number of carbonyl (C=O) groups excluding carboxylic acids is 1. The second-order valence-corrected chi connectivity index (χ2v) is 5.38. The van der Waals surface area contributed by atoms with Gasteiger partial charge >= 0.3 is 5.97 Å². The molecule has 0 radical (unpaired) electrons. The van der Waals surface area contributed by atoms with Crippen LogP contribution < -0.4 is 4.74 Å². The third-order valence-electron chi connectivity index (χ3n) is 4.06. The van der Waals surface area contributed by atoms with Crippen LogP contribution in [0.15, 0.2) is 24.3 Å². The summed E-state index contributed by atoms with van der Waals surface area (Å²) in [6.45, 7) is 2.34. The molecular formula is C16H21NO4. The predicted molar refractivity (Wildman–Crippen MR) is 78.4 cm³/mol. The Bertz CT molecular complexity index is 512. The smallest absolute Gasteiger partial charge is 0.326 e. The van der Waals surface area contributed by atoms with Gasteiger partial charge in [0, 0.05) is 6.54 Å². The number of carboxylic acid groups (broad SMARTS) is 1. The predicted octanol–water partition coefficient (Wildman–Crippen LogP) is 2.26. The summed E-state index contributed by atoms with van der Waals surface area (Å²) in [7, 11) is 1.59. The fraction of sp³-hybridized carbons (Fsp3) is 0.500. The van der Waals surface area contributed by atoms with Gasteiger partial charge in [-0.1, -0.05) is 12.1 Å². The average molecular weight is 291 g/mol. The Hall–Kier alpha value is -2.04. The van der Waals surface area contributed by atoms with Crippen LogP contribution in [0.3, 0.4) is 0 Å². The number of ether oxygens (including phenoxy) is 1. The molecule has 5 heteroatoms. The first kappa shape index (κ1) is 15.4. The Morgan fingerprint density at radius 3 is 2.52 bits per heavy atom. The van der Waals surface area contributed by atoms with Gasteiger partial charge in [-0.05, 0) is 43.9 Å². The molecule has 1 aliphatic rings. The van der Waals surface area contributed by atoms with Crippen LogP contribution >= 0.6 is 0 Å². The van der Waals surface area contributed by atoms with E-state index in [-0.39, 0.29) is 11.8 Å². The van der Waals surface area contributed by atoms with Crippen LogP contribution in [0.2, 0.25) is 0 Å². The van der Waals surface area contributed by atoms with E-state index in [0.29, 0.717) is 13.0 Å². The van der Waals surface area contributed by atoms with Crippen LogP contribution in [0.25, 0.3) is 0 Å². The summed E-state index contributed by atoms with van der Waals surface area (Å²) in [6.07, 6.45) is 2.26. The van der Waals surface area contributed by atoms with Crippen molar-refractivity contribution in [3.05, 3.63) is 29.8 Å². The molecule has 1 amide bonds. The van der Waals surface area contributed by atoms with Gasteiger partial charge in [0.1, 0.15) is 11.8 Å². The fourth-order valence-electron chi connectivity index (χ4n) is 2.74. The van der Waals surface area contributed by atoms with Crippen molar-refractivity contribution < 1.29 is 19.4 Å². The molecule has 1 aromatic carbocycles. The number of carboxylic acids is 1. The molecule has 0 bridgehead atoms. The minimum Gasteiger partial charge on any atom is -0.497 e. The van der Waals surface area contributed by atoms with Crippen LogP contribution in [0.4, 0.5) is 0 Å². The van der Waals surface area contributed by atoms with Gasteiger partial charge in [-0.25, -0.2) is 4.79 Å². The molecule has 114 valence electrons. The highest BCUT2D eigenvalue weighted by molar-refractivity contribution is 5.88. The van der Waals surface area contributed by atoms with E-state index in [0.717, 1.165) is 24.2 Å². The maximum absolute atomic E-state index is 12.6. The first-order valence-corrected chi connectivity index (χ1v) is 7.22. The Morgan fingerprint density at radius 2 is 1.95 bits per heavy atom. The number of methoxy groups -OCH3 is 1. The maximum Gasteiger partial charge on any atom is 0.326 e. The molecule has 0 spiro atoms. The monoisotopic (exact) mass is 291 g/mol. The third-order valence-corrected chi connectivity index (χ3v) is 4.06. The minimum absolute atomic E-state index is 0.118. The van der Waals surface area contributed by atoms with E-state index in [2.05, 4.69) is 0 Å². The van der Waals surface area contributed by atoms with Crippen LogP contribution in [-0.4, -0.2) is 41.6 Å². The maximum atomic E-state index is 12.6. The van der Waals surface area contributed by atoms with Gasteiger partial charge in [-0.2, -0.15) is 0 Å². The molecule has 5 nitrogen and oxygen atoms in total. The first-order valence-electron chi connectivity index (χ1n) is 7.22. The number of hydrogen-bond donors (Lipinski definition) is 1. The van der Waals surface area contributed by atoms with Crippen molar-refractivity contribution in [3.8, 4) is 5.75 Å². The van der Waals surface area contributed by atoms with E-state index >= 15 is 0 Å². The number of benzene rings is 1. The molecule has 2 rings (SSSR count). The Balaban J connectivity index is 2.14. The largest absolute Gasteiger partial charge is 0.497 e. The lowest BCUT2D eigenvalue weighted by Crippen LogP contribution is -2.49. The van der Waals surface area contributed by atoms with Crippen molar-refractivity contribution in [2.45, 2.75) is 38.1 Å². The van der Waals surface area contributed by atoms with E-state index in [1.54, 1.807) is 7.11 Å². The van der Waals surface area contributed by atoms with Gasteiger partial charge in [-0.3, -0.25) is 4.79 Å². The minimum atomic E-state index is -0.912. The zero-order valence-corrected chi connectivity index (χ0v) is 12.4. The molecule has 0 saturated carbocycles. The molecule has 2 atom stereocenters. The third kappa shape index (κ3) is 3.35.